The molecule has 3 aromatic rings. The summed E-state index contributed by atoms with van der Waals surface area (Å²) in [5.41, 5.74) is 1.20. The monoisotopic (exact) mass is 401 g/mol. The number of hydrogen-bond acceptors (Lipinski definition) is 4. The van der Waals surface area contributed by atoms with Gasteiger partial charge in [-0.2, -0.15) is 18.4 Å². The topological polar surface area (TPSA) is 76.5 Å². The highest BCUT2D eigenvalue weighted by Crippen LogP contribution is 2.42. The quantitative estimate of drug-likeness (QED) is 0.654. The van der Waals surface area contributed by atoms with E-state index in [0.29, 0.717) is 35.6 Å². The Morgan fingerprint density at radius 2 is 1.79 bits per heavy atom. The van der Waals surface area contributed by atoms with Crippen LogP contribution >= 0.6 is 0 Å². The van der Waals surface area contributed by atoms with Crippen LogP contribution in [0, 0.1) is 17.2 Å². The molecule has 1 fully saturated rings. The summed E-state index contributed by atoms with van der Waals surface area (Å²) in [7, 11) is 1.72. The van der Waals surface area contributed by atoms with E-state index in [4.69, 9.17) is 5.26 Å². The first-order valence-corrected chi connectivity index (χ1v) is 9.31. The van der Waals surface area contributed by atoms with E-state index < -0.39 is 12.1 Å². The second-order valence-electron chi connectivity index (χ2n) is 7.39. The minimum atomic E-state index is -4.20. The van der Waals surface area contributed by atoms with E-state index in [0.717, 1.165) is 0 Å². The average molecular weight is 401 g/mol. The Kier molecular flexibility index (Phi) is 4.65. The maximum Gasteiger partial charge on any atom is 0.391 e. The fourth-order valence-corrected chi connectivity index (χ4v) is 3.96. The first-order chi connectivity index (χ1) is 13.8. The minimum Gasteiger partial charge on any atom is -0.318 e. The van der Waals surface area contributed by atoms with Crippen LogP contribution < -0.4 is 5.56 Å². The summed E-state index contributed by atoms with van der Waals surface area (Å²) in [6.45, 7) is 0. The third kappa shape index (κ3) is 3.39. The van der Waals surface area contributed by atoms with Gasteiger partial charge in [-0.15, -0.1) is 0 Å². The highest BCUT2D eigenvalue weighted by atomic mass is 19.4. The molecule has 2 aromatic heterocycles. The second-order valence-corrected chi connectivity index (χ2v) is 7.39. The number of rotatable bonds is 2. The molecule has 29 heavy (non-hydrogen) atoms. The van der Waals surface area contributed by atoms with E-state index in [1.165, 1.54) is 10.9 Å². The van der Waals surface area contributed by atoms with Crippen molar-refractivity contribution in [3.8, 4) is 11.8 Å². The number of halogens is 3. The fraction of sp³-hybridized carbons (Fsp3) is 0.400. The molecule has 2 heterocycles. The van der Waals surface area contributed by atoms with E-state index in [-0.39, 0.29) is 29.8 Å². The van der Waals surface area contributed by atoms with Crippen molar-refractivity contribution in [1.29, 1.82) is 5.26 Å². The molecule has 0 atom stereocenters. The van der Waals surface area contributed by atoms with Crippen molar-refractivity contribution in [3.05, 3.63) is 52.3 Å². The van der Waals surface area contributed by atoms with E-state index >= 15 is 0 Å². The number of aromatic nitrogens is 4. The van der Waals surface area contributed by atoms with Gasteiger partial charge in [0.1, 0.15) is 5.82 Å². The molecule has 0 N–H and O–H groups in total. The average Bonchev–Trinajstić information content (AvgIpc) is 3.09. The van der Waals surface area contributed by atoms with E-state index in [1.807, 2.05) is 6.07 Å². The third-order valence-corrected chi connectivity index (χ3v) is 5.57. The van der Waals surface area contributed by atoms with Gasteiger partial charge in [0.05, 0.1) is 29.6 Å². The van der Waals surface area contributed by atoms with Gasteiger partial charge < -0.3 is 4.57 Å². The number of nitrogens with zero attached hydrogens (tertiary/aromatic N) is 5. The number of hydrogen-bond donors (Lipinski definition) is 0. The zero-order valence-corrected chi connectivity index (χ0v) is 15.6. The van der Waals surface area contributed by atoms with Crippen LogP contribution in [0.25, 0.3) is 16.9 Å². The van der Waals surface area contributed by atoms with Crippen LogP contribution in [0.5, 0.6) is 0 Å². The van der Waals surface area contributed by atoms with E-state index in [1.54, 1.807) is 35.9 Å². The van der Waals surface area contributed by atoms with Crippen molar-refractivity contribution in [1.82, 2.24) is 19.1 Å². The Morgan fingerprint density at radius 1 is 1.14 bits per heavy atom. The SMILES string of the molecule is Cn1cnc2c(=O)n(-c3ccc(C#N)cc3)c([C@H]3CC[C@@H](C(F)(F)F)CC3)nc21. The molecule has 0 aliphatic heterocycles. The van der Waals surface area contributed by atoms with Gasteiger partial charge in [-0.25, -0.2) is 9.97 Å². The van der Waals surface area contributed by atoms with Gasteiger partial charge in [0, 0.05) is 13.0 Å². The number of benzene rings is 1. The molecular weight excluding hydrogens is 383 g/mol. The minimum absolute atomic E-state index is 0.0147. The molecule has 4 rings (SSSR count). The first kappa shape index (κ1) is 19.2. The van der Waals surface area contributed by atoms with Gasteiger partial charge in [-0.05, 0) is 49.9 Å². The molecule has 0 unspecified atom stereocenters. The van der Waals surface area contributed by atoms with Gasteiger partial charge >= 0.3 is 6.18 Å². The summed E-state index contributed by atoms with van der Waals surface area (Å²) < 4.78 is 42.2. The van der Waals surface area contributed by atoms with Crippen LogP contribution in [-0.4, -0.2) is 25.3 Å². The lowest BCUT2D eigenvalue weighted by Crippen LogP contribution is -2.31. The number of nitriles is 1. The Hall–Kier alpha value is -3.15. The van der Waals surface area contributed by atoms with E-state index in [9.17, 15) is 18.0 Å². The van der Waals surface area contributed by atoms with Crippen molar-refractivity contribution in [3.63, 3.8) is 0 Å². The van der Waals surface area contributed by atoms with Crippen LogP contribution in [0.2, 0.25) is 0 Å². The molecule has 9 heteroatoms. The zero-order valence-electron chi connectivity index (χ0n) is 15.6. The standard InChI is InChI=1S/C20H18F3N5O/c1-27-11-25-16-18(27)26-17(13-4-6-14(7-5-13)20(21,22)23)28(19(16)29)15-8-2-12(10-24)3-9-15/h2-3,8-9,11,13-14H,4-7H2,1H3/t13-,14+. The molecule has 1 saturated carbocycles. The molecule has 1 aliphatic carbocycles. The summed E-state index contributed by atoms with van der Waals surface area (Å²) in [4.78, 5) is 22.0. The maximum atomic E-state index is 13.2. The first-order valence-electron chi connectivity index (χ1n) is 9.31. The lowest BCUT2D eigenvalue weighted by molar-refractivity contribution is -0.182. The van der Waals surface area contributed by atoms with E-state index in [2.05, 4.69) is 9.97 Å². The molecule has 6 nitrogen and oxygen atoms in total. The van der Waals surface area contributed by atoms with Crippen molar-refractivity contribution in [2.45, 2.75) is 37.8 Å². The molecule has 0 saturated heterocycles. The zero-order chi connectivity index (χ0) is 20.8. The van der Waals surface area contributed by atoms with Gasteiger partial charge in [-0.1, -0.05) is 0 Å². The highest BCUT2D eigenvalue weighted by molar-refractivity contribution is 5.70. The summed E-state index contributed by atoms with van der Waals surface area (Å²) in [6.07, 6.45) is -2.07. The van der Waals surface area contributed by atoms with Gasteiger partial charge in [-0.3, -0.25) is 9.36 Å². The summed E-state index contributed by atoms with van der Waals surface area (Å²) in [5.74, 6) is -1.14. The summed E-state index contributed by atoms with van der Waals surface area (Å²) in [6, 6.07) is 8.49. The fourth-order valence-electron chi connectivity index (χ4n) is 3.96. The van der Waals surface area contributed by atoms with Crippen molar-refractivity contribution in [2.24, 2.45) is 13.0 Å². The van der Waals surface area contributed by atoms with Crippen LogP contribution in [0.4, 0.5) is 13.2 Å². The molecule has 0 spiro atoms. The van der Waals surface area contributed by atoms with Crippen LogP contribution in [0.1, 0.15) is 43.0 Å². The molecule has 0 amide bonds. The molecule has 1 aromatic carbocycles. The largest absolute Gasteiger partial charge is 0.391 e. The smallest absolute Gasteiger partial charge is 0.318 e. The normalized spacial score (nSPS) is 20.0. The van der Waals surface area contributed by atoms with Crippen molar-refractivity contribution in [2.75, 3.05) is 0 Å². The van der Waals surface area contributed by atoms with Crippen LogP contribution in [0.15, 0.2) is 35.4 Å². The number of fused-ring (bicyclic) bond motifs is 1. The second kappa shape index (κ2) is 7.03. The Bertz CT molecular complexity index is 1150. The molecular formula is C20H18F3N5O. The van der Waals surface area contributed by atoms with Gasteiger partial charge in [0.25, 0.3) is 5.56 Å². The molecule has 0 radical (unpaired) electrons. The van der Waals surface area contributed by atoms with Gasteiger partial charge in [0.2, 0.25) is 0 Å². The number of aryl methyl sites for hydroxylation is 1. The Labute approximate surface area is 164 Å². The van der Waals surface area contributed by atoms with Crippen LogP contribution in [0.3, 0.4) is 0 Å². The molecule has 1 aliphatic rings. The lowest BCUT2D eigenvalue weighted by atomic mass is 9.81. The predicted octanol–water partition coefficient (Wildman–Crippen LogP) is 3.83. The number of imidazole rings is 1. The summed E-state index contributed by atoms with van der Waals surface area (Å²) in [5, 5.41) is 9.01. The molecule has 0 bridgehead atoms. The molecule has 150 valence electrons. The maximum absolute atomic E-state index is 13.2. The van der Waals surface area contributed by atoms with Crippen molar-refractivity contribution >= 4 is 11.2 Å². The third-order valence-electron chi connectivity index (χ3n) is 5.57. The van der Waals surface area contributed by atoms with Crippen molar-refractivity contribution < 1.29 is 13.2 Å². The predicted molar refractivity (Wildman–Crippen MR) is 99.6 cm³/mol. The Balaban J connectivity index is 1.83. The number of alkyl halides is 3. The van der Waals surface area contributed by atoms with Gasteiger partial charge in [0.15, 0.2) is 11.2 Å². The Morgan fingerprint density at radius 3 is 2.38 bits per heavy atom. The summed E-state index contributed by atoms with van der Waals surface area (Å²) >= 11 is 0. The highest BCUT2D eigenvalue weighted by Gasteiger charge is 2.42. The van der Waals surface area contributed by atoms with Crippen LogP contribution in [-0.2, 0) is 7.05 Å². The lowest BCUT2D eigenvalue weighted by Gasteiger charge is -2.30.